The summed E-state index contributed by atoms with van der Waals surface area (Å²) in [7, 11) is 1.56. The SMILES string of the molecule is CC(C)CCCOc1ccc(S(=O)(=O)Cl)cc1. The molecule has 17 heavy (non-hydrogen) atoms. The number of rotatable bonds is 6. The molecule has 96 valence electrons. The maximum atomic E-state index is 11.0. The van der Waals surface area contributed by atoms with Gasteiger partial charge in [0.15, 0.2) is 0 Å². The van der Waals surface area contributed by atoms with E-state index in [1.807, 2.05) is 0 Å². The second-order valence-corrected chi connectivity index (χ2v) is 6.86. The van der Waals surface area contributed by atoms with E-state index in [0.717, 1.165) is 12.8 Å². The molecule has 0 amide bonds. The minimum Gasteiger partial charge on any atom is -0.494 e. The normalized spacial score (nSPS) is 11.8. The molecule has 0 bridgehead atoms. The lowest BCUT2D eigenvalue weighted by Crippen LogP contribution is -1.99. The van der Waals surface area contributed by atoms with E-state index in [2.05, 4.69) is 13.8 Å². The third-order valence-electron chi connectivity index (χ3n) is 2.30. The van der Waals surface area contributed by atoms with Crippen molar-refractivity contribution in [2.45, 2.75) is 31.6 Å². The van der Waals surface area contributed by atoms with Crippen LogP contribution in [0.2, 0.25) is 0 Å². The molecule has 3 nitrogen and oxygen atoms in total. The van der Waals surface area contributed by atoms with E-state index in [4.69, 9.17) is 15.4 Å². The van der Waals surface area contributed by atoms with Crippen LogP contribution >= 0.6 is 10.7 Å². The fourth-order valence-corrected chi connectivity index (χ4v) is 2.15. The van der Waals surface area contributed by atoms with Gasteiger partial charge in [-0.3, -0.25) is 0 Å². The van der Waals surface area contributed by atoms with Crippen LogP contribution in [0.4, 0.5) is 0 Å². The highest BCUT2D eigenvalue weighted by Gasteiger charge is 2.08. The molecule has 0 heterocycles. The first kappa shape index (κ1) is 14.3. The van der Waals surface area contributed by atoms with Crippen molar-refractivity contribution in [1.29, 1.82) is 0 Å². The van der Waals surface area contributed by atoms with Gasteiger partial charge in [-0.2, -0.15) is 0 Å². The second kappa shape index (κ2) is 6.26. The van der Waals surface area contributed by atoms with Crippen molar-refractivity contribution in [1.82, 2.24) is 0 Å². The van der Waals surface area contributed by atoms with Crippen LogP contribution in [-0.2, 0) is 9.05 Å². The zero-order valence-corrected chi connectivity index (χ0v) is 11.6. The van der Waals surface area contributed by atoms with Crippen molar-refractivity contribution in [3.8, 4) is 5.75 Å². The van der Waals surface area contributed by atoms with Crippen molar-refractivity contribution in [2.24, 2.45) is 5.92 Å². The van der Waals surface area contributed by atoms with Crippen molar-refractivity contribution < 1.29 is 13.2 Å². The number of benzene rings is 1. The topological polar surface area (TPSA) is 43.4 Å². The molecule has 0 aliphatic heterocycles. The van der Waals surface area contributed by atoms with Gasteiger partial charge < -0.3 is 4.74 Å². The Hall–Kier alpha value is -0.740. The zero-order chi connectivity index (χ0) is 12.9. The number of hydrogen-bond acceptors (Lipinski definition) is 3. The van der Waals surface area contributed by atoms with Gasteiger partial charge in [0, 0.05) is 10.7 Å². The van der Waals surface area contributed by atoms with Crippen molar-refractivity contribution in [2.75, 3.05) is 6.61 Å². The maximum absolute atomic E-state index is 11.0. The predicted octanol–water partition coefficient (Wildman–Crippen LogP) is 3.43. The van der Waals surface area contributed by atoms with Gasteiger partial charge in [-0.1, -0.05) is 13.8 Å². The molecule has 0 aliphatic carbocycles. The average molecular weight is 277 g/mol. The first-order valence-corrected chi connectivity index (χ1v) is 7.88. The molecule has 0 aromatic heterocycles. The molecule has 1 aromatic carbocycles. The molecule has 1 aromatic rings. The molecule has 0 fully saturated rings. The Balaban J connectivity index is 2.46. The summed E-state index contributed by atoms with van der Waals surface area (Å²) in [6, 6.07) is 6.12. The highest BCUT2D eigenvalue weighted by Crippen LogP contribution is 2.19. The van der Waals surface area contributed by atoms with Crippen LogP contribution in [0.25, 0.3) is 0 Å². The highest BCUT2D eigenvalue weighted by atomic mass is 35.7. The fraction of sp³-hybridized carbons (Fsp3) is 0.500. The molecular weight excluding hydrogens is 260 g/mol. The van der Waals surface area contributed by atoms with Gasteiger partial charge in [0.1, 0.15) is 5.75 Å². The van der Waals surface area contributed by atoms with Crippen molar-refractivity contribution >= 4 is 19.7 Å². The summed E-state index contributed by atoms with van der Waals surface area (Å²) < 4.78 is 27.5. The van der Waals surface area contributed by atoms with Crippen LogP contribution < -0.4 is 4.74 Å². The molecule has 0 saturated heterocycles. The van der Waals surface area contributed by atoms with Gasteiger partial charge in [0.25, 0.3) is 9.05 Å². The third kappa shape index (κ3) is 5.41. The van der Waals surface area contributed by atoms with E-state index in [1.54, 1.807) is 12.1 Å². The summed E-state index contributed by atoms with van der Waals surface area (Å²) in [5.41, 5.74) is 0. The highest BCUT2D eigenvalue weighted by molar-refractivity contribution is 8.13. The Morgan fingerprint density at radius 3 is 2.29 bits per heavy atom. The Bertz CT molecular complexity index is 437. The molecule has 0 atom stereocenters. The molecular formula is C12H17ClO3S. The quantitative estimate of drug-likeness (QED) is 0.591. The standard InChI is InChI=1S/C12H17ClO3S/c1-10(2)4-3-9-16-11-5-7-12(8-6-11)17(13,14)15/h5-8,10H,3-4,9H2,1-2H3. The minimum atomic E-state index is -3.64. The smallest absolute Gasteiger partial charge is 0.261 e. The van der Waals surface area contributed by atoms with Gasteiger partial charge in [-0.15, -0.1) is 0 Å². The summed E-state index contributed by atoms with van der Waals surface area (Å²) in [6.45, 7) is 4.98. The van der Waals surface area contributed by atoms with Crippen LogP contribution in [-0.4, -0.2) is 15.0 Å². The molecule has 0 saturated carbocycles. The van der Waals surface area contributed by atoms with Crippen LogP contribution in [0.5, 0.6) is 5.75 Å². The van der Waals surface area contributed by atoms with Gasteiger partial charge in [-0.05, 0) is 43.0 Å². The molecule has 0 radical (unpaired) electrons. The van der Waals surface area contributed by atoms with Gasteiger partial charge in [-0.25, -0.2) is 8.42 Å². The number of hydrogen-bond donors (Lipinski definition) is 0. The molecule has 0 N–H and O–H groups in total. The summed E-state index contributed by atoms with van der Waals surface area (Å²) in [5, 5.41) is 0. The molecule has 0 aliphatic rings. The van der Waals surface area contributed by atoms with E-state index in [-0.39, 0.29) is 4.90 Å². The van der Waals surface area contributed by atoms with E-state index < -0.39 is 9.05 Å². The lowest BCUT2D eigenvalue weighted by Gasteiger charge is -2.07. The van der Waals surface area contributed by atoms with E-state index >= 15 is 0 Å². The molecule has 0 spiro atoms. The van der Waals surface area contributed by atoms with E-state index in [0.29, 0.717) is 18.3 Å². The van der Waals surface area contributed by atoms with Crippen molar-refractivity contribution in [3.05, 3.63) is 24.3 Å². The molecule has 1 rings (SSSR count). The summed E-state index contributed by atoms with van der Waals surface area (Å²) >= 11 is 0. The van der Waals surface area contributed by atoms with Gasteiger partial charge in [0.05, 0.1) is 11.5 Å². The first-order chi connectivity index (χ1) is 7.89. The largest absolute Gasteiger partial charge is 0.494 e. The van der Waals surface area contributed by atoms with Crippen LogP contribution in [0.3, 0.4) is 0 Å². The predicted molar refractivity (Wildman–Crippen MR) is 69.0 cm³/mol. The van der Waals surface area contributed by atoms with E-state index in [1.165, 1.54) is 12.1 Å². The first-order valence-electron chi connectivity index (χ1n) is 5.57. The molecule has 0 unspecified atom stereocenters. The summed E-state index contributed by atoms with van der Waals surface area (Å²) in [5.74, 6) is 1.33. The van der Waals surface area contributed by atoms with E-state index in [9.17, 15) is 8.42 Å². The minimum absolute atomic E-state index is 0.0914. The van der Waals surface area contributed by atoms with Gasteiger partial charge >= 0.3 is 0 Å². The van der Waals surface area contributed by atoms with Crippen LogP contribution in [0.1, 0.15) is 26.7 Å². The fourth-order valence-electron chi connectivity index (χ4n) is 1.38. The maximum Gasteiger partial charge on any atom is 0.261 e. The zero-order valence-electron chi connectivity index (χ0n) is 10.0. The van der Waals surface area contributed by atoms with Crippen molar-refractivity contribution in [3.63, 3.8) is 0 Å². The monoisotopic (exact) mass is 276 g/mol. The summed E-state index contributed by atoms with van der Waals surface area (Å²) in [4.78, 5) is 0.0914. The third-order valence-corrected chi connectivity index (χ3v) is 3.67. The number of halogens is 1. The Morgan fingerprint density at radius 1 is 1.24 bits per heavy atom. The Morgan fingerprint density at radius 2 is 1.82 bits per heavy atom. The van der Waals surface area contributed by atoms with Crippen LogP contribution in [0.15, 0.2) is 29.2 Å². The number of ether oxygens (including phenoxy) is 1. The Labute approximate surface area is 107 Å². The lowest BCUT2D eigenvalue weighted by molar-refractivity contribution is 0.297. The lowest BCUT2D eigenvalue weighted by atomic mass is 10.1. The van der Waals surface area contributed by atoms with Crippen LogP contribution in [0, 0.1) is 5.92 Å². The van der Waals surface area contributed by atoms with Gasteiger partial charge in [0.2, 0.25) is 0 Å². The second-order valence-electron chi connectivity index (χ2n) is 4.29. The average Bonchev–Trinajstić information content (AvgIpc) is 2.23. The molecule has 5 heteroatoms. The summed E-state index contributed by atoms with van der Waals surface area (Å²) in [6.07, 6.45) is 2.11. The Kier molecular flexibility index (Phi) is 5.28.